The molecule has 1 spiro atoms. The van der Waals surface area contributed by atoms with Crippen LogP contribution in [0.15, 0.2) is 42.5 Å². The second-order valence-electron chi connectivity index (χ2n) is 7.36. The zero-order chi connectivity index (χ0) is 19.0. The van der Waals surface area contributed by atoms with Gasteiger partial charge in [-0.3, -0.25) is 4.79 Å². The second-order valence-corrected chi connectivity index (χ2v) is 7.77. The zero-order valence-corrected chi connectivity index (χ0v) is 15.6. The minimum Gasteiger partial charge on any atom is -0.390 e. The van der Waals surface area contributed by atoms with Crippen molar-refractivity contribution in [3.63, 3.8) is 0 Å². The Morgan fingerprint density at radius 3 is 2.70 bits per heavy atom. The molecule has 0 unspecified atom stereocenters. The molecule has 1 saturated heterocycles. The number of carbonyl (C=O) groups is 1. The van der Waals surface area contributed by atoms with Gasteiger partial charge in [-0.25, -0.2) is 4.39 Å². The molecule has 4 rings (SSSR count). The SMILES string of the molecule is O=C(Cc1c(F)cccc1Cl)N[C@H]1c2ccccc2C2(CCNCC2)[C@@H]1O. The van der Waals surface area contributed by atoms with Gasteiger partial charge >= 0.3 is 0 Å². The number of carbonyl (C=O) groups excluding carboxylic acids is 1. The van der Waals surface area contributed by atoms with Crippen LogP contribution in [-0.2, 0) is 16.6 Å². The fourth-order valence-corrected chi connectivity index (χ4v) is 4.78. The van der Waals surface area contributed by atoms with Gasteiger partial charge in [-0.15, -0.1) is 0 Å². The molecule has 2 aromatic carbocycles. The van der Waals surface area contributed by atoms with Gasteiger partial charge in [-0.05, 0) is 49.2 Å². The lowest BCUT2D eigenvalue weighted by Gasteiger charge is -2.38. The zero-order valence-electron chi connectivity index (χ0n) is 14.8. The Morgan fingerprint density at radius 2 is 1.96 bits per heavy atom. The number of halogens is 2. The number of aliphatic hydroxyl groups excluding tert-OH is 1. The van der Waals surface area contributed by atoms with Crippen LogP contribution in [0.1, 0.15) is 35.6 Å². The molecule has 6 heteroatoms. The smallest absolute Gasteiger partial charge is 0.225 e. The summed E-state index contributed by atoms with van der Waals surface area (Å²) in [6.45, 7) is 1.66. The highest BCUT2D eigenvalue weighted by molar-refractivity contribution is 6.31. The van der Waals surface area contributed by atoms with Gasteiger partial charge in [0, 0.05) is 16.0 Å². The van der Waals surface area contributed by atoms with E-state index in [9.17, 15) is 14.3 Å². The van der Waals surface area contributed by atoms with Crippen molar-refractivity contribution in [2.45, 2.75) is 36.8 Å². The summed E-state index contributed by atoms with van der Waals surface area (Å²) >= 11 is 6.04. The van der Waals surface area contributed by atoms with E-state index in [0.717, 1.165) is 37.1 Å². The predicted octanol–water partition coefficient (Wildman–Crippen LogP) is 2.87. The van der Waals surface area contributed by atoms with Gasteiger partial charge in [-0.2, -0.15) is 0 Å². The number of rotatable bonds is 3. The Morgan fingerprint density at radius 1 is 1.22 bits per heavy atom. The van der Waals surface area contributed by atoms with Crippen LogP contribution in [-0.4, -0.2) is 30.2 Å². The molecule has 0 saturated carbocycles. The second kappa shape index (κ2) is 7.23. The summed E-state index contributed by atoms with van der Waals surface area (Å²) in [5.41, 5.74) is 1.87. The van der Waals surface area contributed by atoms with E-state index in [1.165, 1.54) is 12.1 Å². The van der Waals surface area contributed by atoms with Crippen LogP contribution in [0.5, 0.6) is 0 Å². The number of hydrogen-bond donors (Lipinski definition) is 3. The van der Waals surface area contributed by atoms with Crippen molar-refractivity contribution in [3.8, 4) is 0 Å². The molecule has 0 bridgehead atoms. The van der Waals surface area contributed by atoms with Crippen LogP contribution in [0, 0.1) is 5.82 Å². The minimum atomic E-state index is -0.711. The standard InChI is InChI=1S/C21H22ClFN2O2/c22-16-6-3-7-17(23)14(16)12-18(26)25-19-13-4-1-2-5-15(13)21(20(19)27)8-10-24-11-9-21/h1-7,19-20,24,27H,8-12H2,(H,25,26)/t19-,20+/m0/s1. The Kier molecular flexibility index (Phi) is 4.93. The van der Waals surface area contributed by atoms with E-state index in [0.29, 0.717) is 0 Å². The summed E-state index contributed by atoms with van der Waals surface area (Å²) in [6.07, 6.45) is 0.760. The van der Waals surface area contributed by atoms with E-state index in [1.807, 2.05) is 24.3 Å². The van der Waals surface area contributed by atoms with Gasteiger partial charge in [0.05, 0.1) is 18.6 Å². The van der Waals surface area contributed by atoms with Gasteiger partial charge in [0.25, 0.3) is 0 Å². The first-order valence-electron chi connectivity index (χ1n) is 9.23. The Balaban J connectivity index is 1.60. The highest BCUT2D eigenvalue weighted by atomic mass is 35.5. The number of nitrogens with one attached hydrogen (secondary N) is 2. The predicted molar refractivity (Wildman–Crippen MR) is 102 cm³/mol. The molecule has 1 heterocycles. The molecule has 0 aromatic heterocycles. The number of fused-ring (bicyclic) bond motifs is 2. The molecule has 3 N–H and O–H groups in total. The number of aliphatic hydroxyl groups is 1. The molecule has 2 atom stereocenters. The summed E-state index contributed by atoms with van der Waals surface area (Å²) in [5.74, 6) is -0.855. The maximum absolute atomic E-state index is 14.0. The van der Waals surface area contributed by atoms with E-state index >= 15 is 0 Å². The van der Waals surface area contributed by atoms with Crippen LogP contribution in [0.2, 0.25) is 5.02 Å². The third-order valence-electron chi connectivity index (χ3n) is 5.93. The van der Waals surface area contributed by atoms with Gasteiger partial charge in [0.2, 0.25) is 5.91 Å². The molecule has 2 aromatic rings. The minimum absolute atomic E-state index is 0.161. The van der Waals surface area contributed by atoms with Gasteiger partial charge in [0.15, 0.2) is 0 Å². The molecule has 1 aliphatic heterocycles. The molecular weight excluding hydrogens is 367 g/mol. The first kappa shape index (κ1) is 18.4. The molecule has 1 aliphatic carbocycles. The lowest BCUT2D eigenvalue weighted by Crippen LogP contribution is -2.48. The maximum Gasteiger partial charge on any atom is 0.225 e. The summed E-state index contributed by atoms with van der Waals surface area (Å²) in [6, 6.07) is 11.8. The molecule has 1 fully saturated rings. The van der Waals surface area contributed by atoms with Crippen molar-refractivity contribution >= 4 is 17.5 Å². The molecule has 1 amide bonds. The van der Waals surface area contributed by atoms with Crippen LogP contribution >= 0.6 is 11.6 Å². The monoisotopic (exact) mass is 388 g/mol. The molecule has 0 radical (unpaired) electrons. The Labute approximate surface area is 162 Å². The Bertz CT molecular complexity index is 847. The van der Waals surface area contributed by atoms with Crippen LogP contribution in [0.4, 0.5) is 4.39 Å². The summed E-state index contributed by atoms with van der Waals surface area (Å²) in [4.78, 5) is 12.6. The highest BCUT2D eigenvalue weighted by Crippen LogP contribution is 2.50. The Hall–Kier alpha value is -1.95. The van der Waals surface area contributed by atoms with Crippen LogP contribution in [0.25, 0.3) is 0 Å². The van der Waals surface area contributed by atoms with Crippen LogP contribution < -0.4 is 10.6 Å². The highest BCUT2D eigenvalue weighted by Gasteiger charge is 2.52. The van der Waals surface area contributed by atoms with Crippen molar-refractivity contribution in [1.82, 2.24) is 10.6 Å². The molecule has 142 valence electrons. The summed E-state index contributed by atoms with van der Waals surface area (Å²) < 4.78 is 14.0. The van der Waals surface area contributed by atoms with Crippen molar-refractivity contribution in [3.05, 3.63) is 70.0 Å². The van der Waals surface area contributed by atoms with Crippen molar-refractivity contribution in [2.24, 2.45) is 0 Å². The molecule has 2 aliphatic rings. The van der Waals surface area contributed by atoms with E-state index in [-0.39, 0.29) is 28.3 Å². The molecule has 4 nitrogen and oxygen atoms in total. The fourth-order valence-electron chi connectivity index (χ4n) is 4.55. The first-order chi connectivity index (χ1) is 13.0. The number of amides is 1. The third-order valence-corrected chi connectivity index (χ3v) is 6.28. The van der Waals surface area contributed by atoms with Crippen molar-refractivity contribution < 1.29 is 14.3 Å². The maximum atomic E-state index is 14.0. The largest absolute Gasteiger partial charge is 0.390 e. The van der Waals surface area contributed by atoms with Crippen molar-refractivity contribution in [1.29, 1.82) is 0 Å². The normalized spacial score (nSPS) is 23.2. The number of benzene rings is 2. The fraction of sp³-hybridized carbons (Fsp3) is 0.381. The third kappa shape index (κ3) is 3.14. The summed E-state index contributed by atoms with van der Waals surface area (Å²) in [7, 11) is 0. The van der Waals surface area contributed by atoms with E-state index in [2.05, 4.69) is 10.6 Å². The molecule has 27 heavy (non-hydrogen) atoms. The van der Waals surface area contributed by atoms with Crippen molar-refractivity contribution in [2.75, 3.05) is 13.1 Å². The van der Waals surface area contributed by atoms with Gasteiger partial charge in [0.1, 0.15) is 5.82 Å². The molecular formula is C21H22ClFN2O2. The summed E-state index contributed by atoms with van der Waals surface area (Å²) in [5, 5.41) is 17.7. The van der Waals surface area contributed by atoms with Crippen LogP contribution in [0.3, 0.4) is 0 Å². The van der Waals surface area contributed by atoms with Gasteiger partial charge in [-0.1, -0.05) is 41.9 Å². The van der Waals surface area contributed by atoms with E-state index in [1.54, 1.807) is 6.07 Å². The lowest BCUT2D eigenvalue weighted by molar-refractivity contribution is -0.122. The van der Waals surface area contributed by atoms with E-state index in [4.69, 9.17) is 11.6 Å². The van der Waals surface area contributed by atoms with Gasteiger partial charge < -0.3 is 15.7 Å². The first-order valence-corrected chi connectivity index (χ1v) is 9.61. The average Bonchev–Trinajstić information content (AvgIpc) is 2.89. The average molecular weight is 389 g/mol. The lowest BCUT2D eigenvalue weighted by atomic mass is 9.72. The van der Waals surface area contributed by atoms with E-state index < -0.39 is 18.0 Å². The number of hydrogen-bond acceptors (Lipinski definition) is 3. The quantitative estimate of drug-likeness (QED) is 0.757. The topological polar surface area (TPSA) is 61.4 Å². The number of piperidine rings is 1.